The molecule has 2 aromatic carbocycles. The van der Waals surface area contributed by atoms with Crippen LogP contribution in [0.3, 0.4) is 0 Å². The number of ether oxygens (including phenoxy) is 1. The first-order chi connectivity index (χ1) is 15.9. The van der Waals surface area contributed by atoms with Crippen LogP contribution in [0.5, 0.6) is 5.75 Å². The standard InChI is InChI=1S/C25H29BN2O6/c1-24(2)25(3,4)34-26(33-24)16-10-11-18(21(13-16)32-6)27-23(31)20-14-17-15(12-22(29)30)8-7-9-19(17)28(20)5/h7-11,13-14H,12H2,1-6H3,(H,27,31)(H,29,30). The molecule has 0 saturated carbocycles. The van der Waals surface area contributed by atoms with Gasteiger partial charge in [-0.25, -0.2) is 0 Å². The molecule has 3 aromatic rings. The van der Waals surface area contributed by atoms with Gasteiger partial charge in [-0.05, 0) is 63.0 Å². The molecule has 34 heavy (non-hydrogen) atoms. The summed E-state index contributed by atoms with van der Waals surface area (Å²) < 4.78 is 19.5. The Morgan fingerprint density at radius 3 is 2.38 bits per heavy atom. The summed E-state index contributed by atoms with van der Waals surface area (Å²) in [6.45, 7) is 7.96. The number of carboxylic acid groups (broad SMARTS) is 1. The van der Waals surface area contributed by atoms with Crippen molar-refractivity contribution in [1.82, 2.24) is 4.57 Å². The molecule has 9 heteroatoms. The number of nitrogens with zero attached hydrogens (tertiary/aromatic N) is 1. The highest BCUT2D eigenvalue weighted by Crippen LogP contribution is 2.37. The predicted octanol–water partition coefficient (Wildman–Crippen LogP) is 3.37. The van der Waals surface area contributed by atoms with Crippen LogP contribution < -0.4 is 15.5 Å². The van der Waals surface area contributed by atoms with E-state index in [1.807, 2.05) is 39.8 Å². The summed E-state index contributed by atoms with van der Waals surface area (Å²) in [4.78, 5) is 24.4. The number of hydrogen-bond donors (Lipinski definition) is 2. The van der Waals surface area contributed by atoms with Gasteiger partial charge in [0, 0.05) is 18.0 Å². The fourth-order valence-electron chi connectivity index (χ4n) is 4.08. The van der Waals surface area contributed by atoms with Crippen LogP contribution in [-0.4, -0.2) is 47.0 Å². The van der Waals surface area contributed by atoms with Gasteiger partial charge in [-0.1, -0.05) is 18.2 Å². The van der Waals surface area contributed by atoms with Crippen LogP contribution >= 0.6 is 0 Å². The molecule has 2 heterocycles. The van der Waals surface area contributed by atoms with Gasteiger partial charge in [-0.2, -0.15) is 0 Å². The third-order valence-electron chi connectivity index (χ3n) is 6.75. The molecule has 0 aliphatic carbocycles. The number of aryl methyl sites for hydroxylation is 1. The van der Waals surface area contributed by atoms with E-state index in [0.29, 0.717) is 22.7 Å². The lowest BCUT2D eigenvalue weighted by atomic mass is 9.79. The Labute approximate surface area is 198 Å². The maximum atomic E-state index is 13.2. The van der Waals surface area contributed by atoms with Gasteiger partial charge in [0.25, 0.3) is 5.91 Å². The third kappa shape index (κ3) is 4.17. The number of nitrogens with one attached hydrogen (secondary N) is 1. The van der Waals surface area contributed by atoms with Gasteiger partial charge in [0.15, 0.2) is 0 Å². The molecule has 8 nitrogen and oxygen atoms in total. The Morgan fingerprint density at radius 2 is 1.76 bits per heavy atom. The number of fused-ring (bicyclic) bond motifs is 1. The van der Waals surface area contributed by atoms with Gasteiger partial charge >= 0.3 is 13.1 Å². The average Bonchev–Trinajstić information content (AvgIpc) is 3.21. The smallest absolute Gasteiger partial charge is 0.494 e. The second kappa shape index (κ2) is 8.49. The van der Waals surface area contributed by atoms with Crippen LogP contribution in [0.25, 0.3) is 10.9 Å². The zero-order valence-corrected chi connectivity index (χ0v) is 20.3. The van der Waals surface area contributed by atoms with Crippen molar-refractivity contribution in [3.8, 4) is 5.75 Å². The lowest BCUT2D eigenvalue weighted by Crippen LogP contribution is -2.41. The van der Waals surface area contributed by atoms with Crippen molar-refractivity contribution in [2.45, 2.75) is 45.3 Å². The van der Waals surface area contributed by atoms with Crippen molar-refractivity contribution in [2.24, 2.45) is 7.05 Å². The Bertz CT molecular complexity index is 1260. The Balaban J connectivity index is 1.61. The van der Waals surface area contributed by atoms with Crippen molar-refractivity contribution >= 4 is 41.0 Å². The molecule has 0 unspecified atom stereocenters. The molecular formula is C25H29BN2O6. The number of aliphatic carboxylic acids is 1. The molecule has 0 radical (unpaired) electrons. The van der Waals surface area contributed by atoms with E-state index >= 15 is 0 Å². The lowest BCUT2D eigenvalue weighted by molar-refractivity contribution is -0.136. The van der Waals surface area contributed by atoms with Gasteiger partial charge in [0.2, 0.25) is 0 Å². The number of carbonyl (C=O) groups excluding carboxylic acids is 1. The summed E-state index contributed by atoms with van der Waals surface area (Å²) in [6.07, 6.45) is -0.114. The van der Waals surface area contributed by atoms with Crippen LogP contribution in [-0.2, 0) is 27.6 Å². The summed E-state index contributed by atoms with van der Waals surface area (Å²) in [7, 11) is 2.77. The molecule has 2 N–H and O–H groups in total. The summed E-state index contributed by atoms with van der Waals surface area (Å²) in [5, 5.41) is 12.8. The molecule has 0 spiro atoms. The van der Waals surface area contributed by atoms with E-state index in [9.17, 15) is 14.7 Å². The Kier molecular flexibility index (Phi) is 5.95. The summed E-state index contributed by atoms with van der Waals surface area (Å²) >= 11 is 0. The van der Waals surface area contributed by atoms with Crippen LogP contribution in [0.4, 0.5) is 5.69 Å². The van der Waals surface area contributed by atoms with Crippen molar-refractivity contribution < 1.29 is 28.7 Å². The van der Waals surface area contributed by atoms with E-state index in [0.717, 1.165) is 16.4 Å². The topological polar surface area (TPSA) is 99.0 Å². The highest BCUT2D eigenvalue weighted by atomic mass is 16.7. The molecule has 0 bridgehead atoms. The van der Waals surface area contributed by atoms with Gasteiger partial charge in [-0.3, -0.25) is 9.59 Å². The SMILES string of the molecule is COc1cc(B2OC(C)(C)C(C)(C)O2)ccc1NC(=O)c1cc2c(CC(=O)O)cccc2n1C. The normalized spacial score (nSPS) is 16.6. The number of anilines is 1. The number of hydrogen-bond acceptors (Lipinski definition) is 5. The second-order valence-corrected chi connectivity index (χ2v) is 9.51. The predicted molar refractivity (Wildman–Crippen MR) is 131 cm³/mol. The minimum absolute atomic E-state index is 0.114. The molecule has 1 aliphatic rings. The number of carboxylic acids is 1. The van der Waals surface area contributed by atoms with Crippen LogP contribution in [0, 0.1) is 0 Å². The zero-order chi connectivity index (χ0) is 24.8. The zero-order valence-electron chi connectivity index (χ0n) is 20.3. The maximum absolute atomic E-state index is 13.2. The quantitative estimate of drug-likeness (QED) is 0.543. The van der Waals surface area contributed by atoms with Crippen molar-refractivity contribution in [3.63, 3.8) is 0 Å². The minimum Gasteiger partial charge on any atom is -0.495 e. The highest BCUT2D eigenvalue weighted by Gasteiger charge is 2.51. The first-order valence-corrected chi connectivity index (χ1v) is 11.1. The molecule has 4 rings (SSSR count). The highest BCUT2D eigenvalue weighted by molar-refractivity contribution is 6.62. The fraction of sp³-hybridized carbons (Fsp3) is 0.360. The summed E-state index contributed by atoms with van der Waals surface area (Å²) in [5.74, 6) is -0.776. The molecular weight excluding hydrogens is 435 g/mol. The Hall–Kier alpha value is -3.30. The number of carbonyl (C=O) groups is 2. The molecule has 178 valence electrons. The van der Waals surface area contributed by atoms with E-state index in [-0.39, 0.29) is 12.3 Å². The van der Waals surface area contributed by atoms with E-state index in [4.69, 9.17) is 14.0 Å². The van der Waals surface area contributed by atoms with Crippen LogP contribution in [0.2, 0.25) is 0 Å². The first kappa shape index (κ1) is 23.8. The van der Waals surface area contributed by atoms with E-state index in [1.54, 1.807) is 41.9 Å². The average molecular weight is 464 g/mol. The molecule has 1 aliphatic heterocycles. The van der Waals surface area contributed by atoms with E-state index in [1.165, 1.54) is 7.11 Å². The Morgan fingerprint density at radius 1 is 1.09 bits per heavy atom. The van der Waals surface area contributed by atoms with Gasteiger partial charge in [-0.15, -0.1) is 0 Å². The maximum Gasteiger partial charge on any atom is 0.494 e. The summed E-state index contributed by atoms with van der Waals surface area (Å²) in [6, 6.07) is 12.5. The molecule has 1 amide bonds. The largest absolute Gasteiger partial charge is 0.495 e. The lowest BCUT2D eigenvalue weighted by Gasteiger charge is -2.32. The first-order valence-electron chi connectivity index (χ1n) is 11.1. The molecule has 1 fully saturated rings. The fourth-order valence-corrected chi connectivity index (χ4v) is 4.08. The number of amides is 1. The number of benzene rings is 2. The van der Waals surface area contributed by atoms with Crippen LogP contribution in [0.15, 0.2) is 42.5 Å². The molecule has 0 atom stereocenters. The number of rotatable bonds is 6. The van der Waals surface area contributed by atoms with E-state index in [2.05, 4.69) is 5.32 Å². The van der Waals surface area contributed by atoms with Crippen molar-refractivity contribution in [3.05, 3.63) is 53.7 Å². The summed E-state index contributed by atoms with van der Waals surface area (Å²) in [5.41, 5.74) is 2.21. The van der Waals surface area contributed by atoms with E-state index < -0.39 is 24.3 Å². The molecule has 1 saturated heterocycles. The second-order valence-electron chi connectivity index (χ2n) is 9.51. The van der Waals surface area contributed by atoms with Crippen LogP contribution in [0.1, 0.15) is 43.7 Å². The van der Waals surface area contributed by atoms with Gasteiger partial charge in [0.1, 0.15) is 11.4 Å². The molecule has 1 aromatic heterocycles. The van der Waals surface area contributed by atoms with Gasteiger partial charge < -0.3 is 29.0 Å². The third-order valence-corrected chi connectivity index (χ3v) is 6.75. The van der Waals surface area contributed by atoms with Crippen molar-refractivity contribution in [1.29, 1.82) is 0 Å². The number of aromatic nitrogens is 1. The van der Waals surface area contributed by atoms with Gasteiger partial charge in [0.05, 0.1) is 30.4 Å². The van der Waals surface area contributed by atoms with Crippen molar-refractivity contribution in [2.75, 3.05) is 12.4 Å². The monoisotopic (exact) mass is 464 g/mol. The minimum atomic E-state index is -0.922. The number of methoxy groups -OCH3 is 1.